The molecular weight excluding hydrogens is 282 g/mol. The lowest BCUT2D eigenvalue weighted by atomic mass is 10.1. The number of carbonyl (C=O) groups is 1. The Morgan fingerprint density at radius 2 is 2.10 bits per heavy atom. The Morgan fingerprint density at radius 1 is 1.48 bits per heavy atom. The first-order valence-corrected chi connectivity index (χ1v) is 5.79. The number of aliphatic carboxylic acids is 1. The molecule has 0 amide bonds. The summed E-state index contributed by atoms with van der Waals surface area (Å²) >= 11 is 0. The quantitative estimate of drug-likeness (QED) is 0.896. The van der Waals surface area contributed by atoms with E-state index in [1.54, 1.807) is 13.1 Å². The lowest BCUT2D eigenvalue weighted by molar-refractivity contribution is -0.138. The predicted molar refractivity (Wildman–Crippen MR) is 68.3 cm³/mol. The molecule has 2 N–H and O–H groups in total. The third-order valence-electron chi connectivity index (χ3n) is 2.77. The highest BCUT2D eigenvalue weighted by atomic mass is 19.1. The fourth-order valence-electron chi connectivity index (χ4n) is 1.80. The standard InChI is InChI=1S/C13H10F2N4O2/c1-19-6-8(5-17-19)11(13(20)21)18-12-9(14)2-7(4-16)3-10(12)15/h2-3,5-6,11,18H,1H3,(H,20,21). The molecule has 8 heteroatoms. The highest BCUT2D eigenvalue weighted by molar-refractivity contribution is 5.79. The van der Waals surface area contributed by atoms with E-state index in [0.717, 1.165) is 12.1 Å². The number of aryl methyl sites for hydroxylation is 1. The number of benzene rings is 1. The molecule has 0 radical (unpaired) electrons. The van der Waals surface area contributed by atoms with Crippen molar-refractivity contribution < 1.29 is 18.7 Å². The number of carboxylic acids is 1. The van der Waals surface area contributed by atoms with Gasteiger partial charge in [-0.05, 0) is 12.1 Å². The maximum atomic E-state index is 13.8. The molecule has 1 aromatic carbocycles. The van der Waals surface area contributed by atoms with Gasteiger partial charge < -0.3 is 10.4 Å². The summed E-state index contributed by atoms with van der Waals surface area (Å²) in [6, 6.07) is 1.90. The van der Waals surface area contributed by atoms with Gasteiger partial charge in [0.05, 0.1) is 17.8 Å². The maximum Gasteiger partial charge on any atom is 0.330 e. The SMILES string of the molecule is Cn1cc(C(Nc2c(F)cc(C#N)cc2F)C(=O)O)cn1. The number of carboxylic acid groups (broad SMARTS) is 1. The molecule has 1 aromatic heterocycles. The Morgan fingerprint density at radius 3 is 2.52 bits per heavy atom. The molecule has 0 aliphatic rings. The predicted octanol–water partition coefficient (Wildman–Crippen LogP) is 1.81. The number of nitriles is 1. The normalized spacial score (nSPS) is 11.7. The summed E-state index contributed by atoms with van der Waals surface area (Å²) in [4.78, 5) is 11.3. The van der Waals surface area contributed by atoms with Crippen LogP contribution in [0.15, 0.2) is 24.5 Å². The highest BCUT2D eigenvalue weighted by Gasteiger charge is 2.24. The van der Waals surface area contributed by atoms with Crippen molar-refractivity contribution in [2.75, 3.05) is 5.32 Å². The largest absolute Gasteiger partial charge is 0.479 e. The first-order chi connectivity index (χ1) is 9.92. The monoisotopic (exact) mass is 292 g/mol. The van der Waals surface area contributed by atoms with Crippen LogP contribution in [-0.4, -0.2) is 20.9 Å². The van der Waals surface area contributed by atoms with Gasteiger partial charge in [-0.3, -0.25) is 4.68 Å². The summed E-state index contributed by atoms with van der Waals surface area (Å²) in [5.74, 6) is -3.39. The Balaban J connectivity index is 2.39. The van der Waals surface area contributed by atoms with Crippen LogP contribution in [0.25, 0.3) is 0 Å². The average Bonchev–Trinajstić information content (AvgIpc) is 2.83. The molecule has 1 heterocycles. The molecule has 0 fully saturated rings. The van der Waals surface area contributed by atoms with E-state index in [-0.39, 0.29) is 11.1 Å². The van der Waals surface area contributed by atoms with Crippen LogP contribution in [0.3, 0.4) is 0 Å². The van der Waals surface area contributed by atoms with Crippen LogP contribution >= 0.6 is 0 Å². The summed E-state index contributed by atoms with van der Waals surface area (Å²) < 4.78 is 28.9. The van der Waals surface area contributed by atoms with Crippen molar-refractivity contribution in [3.63, 3.8) is 0 Å². The number of rotatable bonds is 4. The van der Waals surface area contributed by atoms with Crippen LogP contribution in [0, 0.1) is 23.0 Å². The van der Waals surface area contributed by atoms with Crippen molar-refractivity contribution >= 4 is 11.7 Å². The van der Waals surface area contributed by atoms with Gasteiger partial charge in [0, 0.05) is 18.8 Å². The van der Waals surface area contributed by atoms with Crippen molar-refractivity contribution in [2.45, 2.75) is 6.04 Å². The van der Waals surface area contributed by atoms with Gasteiger partial charge >= 0.3 is 5.97 Å². The van der Waals surface area contributed by atoms with E-state index in [2.05, 4.69) is 10.4 Å². The molecule has 0 spiro atoms. The van der Waals surface area contributed by atoms with Crippen molar-refractivity contribution in [3.05, 3.63) is 47.3 Å². The second-order valence-corrected chi connectivity index (χ2v) is 4.29. The van der Waals surface area contributed by atoms with Gasteiger partial charge in [-0.1, -0.05) is 0 Å². The van der Waals surface area contributed by atoms with Crippen LogP contribution in [0.5, 0.6) is 0 Å². The summed E-state index contributed by atoms with van der Waals surface area (Å²) in [5, 5.41) is 23.9. The van der Waals surface area contributed by atoms with Gasteiger partial charge in [0.2, 0.25) is 0 Å². The molecule has 2 rings (SSSR count). The molecule has 21 heavy (non-hydrogen) atoms. The molecule has 6 nitrogen and oxygen atoms in total. The average molecular weight is 292 g/mol. The number of nitrogens with one attached hydrogen (secondary N) is 1. The van der Waals surface area contributed by atoms with Gasteiger partial charge in [-0.25, -0.2) is 13.6 Å². The van der Waals surface area contributed by atoms with E-state index in [9.17, 15) is 18.7 Å². The number of halogens is 2. The van der Waals surface area contributed by atoms with E-state index >= 15 is 0 Å². The van der Waals surface area contributed by atoms with Crippen molar-refractivity contribution in [1.82, 2.24) is 9.78 Å². The number of hydrogen-bond acceptors (Lipinski definition) is 4. The summed E-state index contributed by atoms with van der Waals surface area (Å²) in [6.07, 6.45) is 2.70. The first-order valence-electron chi connectivity index (χ1n) is 5.79. The van der Waals surface area contributed by atoms with Crippen LogP contribution in [0.4, 0.5) is 14.5 Å². The molecule has 0 aliphatic carbocycles. The van der Waals surface area contributed by atoms with E-state index < -0.39 is 29.3 Å². The number of anilines is 1. The lowest BCUT2D eigenvalue weighted by Gasteiger charge is -2.15. The zero-order chi connectivity index (χ0) is 15.6. The Labute approximate surface area is 118 Å². The molecule has 1 unspecified atom stereocenters. The molecule has 1 atom stereocenters. The number of aromatic nitrogens is 2. The zero-order valence-electron chi connectivity index (χ0n) is 10.8. The Hall–Kier alpha value is -2.95. The van der Waals surface area contributed by atoms with E-state index in [1.807, 2.05) is 0 Å². The fourth-order valence-corrected chi connectivity index (χ4v) is 1.80. The van der Waals surface area contributed by atoms with Crippen molar-refractivity contribution in [2.24, 2.45) is 7.05 Å². The van der Waals surface area contributed by atoms with Crippen molar-refractivity contribution in [1.29, 1.82) is 5.26 Å². The van der Waals surface area contributed by atoms with E-state index in [4.69, 9.17) is 5.26 Å². The molecule has 2 aromatic rings. The third kappa shape index (κ3) is 2.97. The number of nitrogens with zero attached hydrogens (tertiary/aromatic N) is 3. The third-order valence-corrected chi connectivity index (χ3v) is 2.77. The van der Waals surface area contributed by atoms with Gasteiger partial charge in [0.1, 0.15) is 5.69 Å². The molecular formula is C13H10F2N4O2. The van der Waals surface area contributed by atoms with Gasteiger partial charge in [0.25, 0.3) is 0 Å². The maximum absolute atomic E-state index is 13.8. The fraction of sp³-hybridized carbons (Fsp3) is 0.154. The molecule has 0 saturated heterocycles. The van der Waals surface area contributed by atoms with Crippen molar-refractivity contribution in [3.8, 4) is 6.07 Å². The van der Waals surface area contributed by atoms with Gasteiger partial charge in [-0.2, -0.15) is 10.4 Å². The first kappa shape index (κ1) is 14.5. The minimum atomic E-state index is -1.37. The van der Waals surface area contributed by atoms with Crippen LogP contribution < -0.4 is 5.32 Å². The number of hydrogen-bond donors (Lipinski definition) is 2. The van der Waals surface area contributed by atoms with Gasteiger partial charge in [0.15, 0.2) is 17.7 Å². The van der Waals surface area contributed by atoms with E-state index in [1.165, 1.54) is 17.1 Å². The second-order valence-electron chi connectivity index (χ2n) is 4.29. The highest BCUT2D eigenvalue weighted by Crippen LogP contribution is 2.26. The summed E-state index contributed by atoms with van der Waals surface area (Å²) in [7, 11) is 1.59. The topological polar surface area (TPSA) is 90.9 Å². The molecule has 0 aliphatic heterocycles. The molecule has 108 valence electrons. The van der Waals surface area contributed by atoms with Crippen LogP contribution in [0.2, 0.25) is 0 Å². The lowest BCUT2D eigenvalue weighted by Crippen LogP contribution is -2.21. The second kappa shape index (κ2) is 5.58. The molecule has 0 saturated carbocycles. The zero-order valence-corrected chi connectivity index (χ0v) is 10.8. The summed E-state index contributed by atoms with van der Waals surface area (Å²) in [5.41, 5.74) is -0.554. The summed E-state index contributed by atoms with van der Waals surface area (Å²) in [6.45, 7) is 0. The minimum Gasteiger partial charge on any atom is -0.479 e. The molecule has 0 bridgehead atoms. The van der Waals surface area contributed by atoms with E-state index in [0.29, 0.717) is 0 Å². The minimum absolute atomic E-state index is 0.191. The smallest absolute Gasteiger partial charge is 0.330 e. The van der Waals surface area contributed by atoms with Crippen LogP contribution in [0.1, 0.15) is 17.2 Å². The Bertz CT molecular complexity index is 713. The van der Waals surface area contributed by atoms with Crippen LogP contribution in [-0.2, 0) is 11.8 Å². The van der Waals surface area contributed by atoms with Gasteiger partial charge in [-0.15, -0.1) is 0 Å². The Kier molecular flexibility index (Phi) is 3.84.